The molecule has 0 aliphatic heterocycles. The van der Waals surface area contributed by atoms with Crippen LogP contribution in [-0.4, -0.2) is 8.07 Å². The van der Waals surface area contributed by atoms with Gasteiger partial charge >= 0.3 is 0 Å². The van der Waals surface area contributed by atoms with Gasteiger partial charge in [-0.15, -0.1) is 0 Å². The van der Waals surface area contributed by atoms with Crippen LogP contribution in [0.25, 0.3) is 0 Å². The second-order valence-electron chi connectivity index (χ2n) is 3.15. The molecular weight excluding hydrogens is 112 g/mol. The van der Waals surface area contributed by atoms with Crippen molar-refractivity contribution < 1.29 is 0 Å². The quantitative estimate of drug-likeness (QED) is 0.472. The molecule has 0 atom stereocenters. The number of hydrogen-bond donors (Lipinski definition) is 0. The van der Waals surface area contributed by atoms with Crippen molar-refractivity contribution in [2.75, 3.05) is 0 Å². The van der Waals surface area contributed by atoms with Gasteiger partial charge in [-0.05, 0) is 12.8 Å². The summed E-state index contributed by atoms with van der Waals surface area (Å²) in [5.74, 6) is 0. The van der Waals surface area contributed by atoms with Crippen LogP contribution in [-0.2, 0) is 0 Å². The lowest BCUT2D eigenvalue weighted by atomic mass is 10.1. The van der Waals surface area contributed by atoms with E-state index in [-0.39, 0.29) is 0 Å². The van der Waals surface area contributed by atoms with Gasteiger partial charge in [0.1, 0.15) is 0 Å². The SMILES string of the molecule is [CH2][Si](C)(C)C1=CCC1. The summed E-state index contributed by atoms with van der Waals surface area (Å²) in [4.78, 5) is 0. The van der Waals surface area contributed by atoms with Crippen LogP contribution in [0.4, 0.5) is 0 Å². The van der Waals surface area contributed by atoms with E-state index in [4.69, 9.17) is 0 Å². The number of allylic oxidation sites excluding steroid dienone is 2. The summed E-state index contributed by atoms with van der Waals surface area (Å²) >= 11 is 0. The van der Waals surface area contributed by atoms with Crippen molar-refractivity contribution in [1.29, 1.82) is 0 Å². The Morgan fingerprint density at radius 1 is 1.62 bits per heavy atom. The lowest BCUT2D eigenvalue weighted by Crippen LogP contribution is -2.27. The molecule has 0 bridgehead atoms. The maximum Gasteiger partial charge on any atom is 0.0748 e. The molecule has 1 radical (unpaired) electrons. The van der Waals surface area contributed by atoms with Gasteiger partial charge in [0.2, 0.25) is 0 Å². The Bertz CT molecular complexity index is 117. The molecule has 1 aliphatic rings. The Labute approximate surface area is 52.6 Å². The average Bonchev–Trinajstić information content (AvgIpc) is 1.16. The smallest absolute Gasteiger partial charge is 0.0748 e. The molecule has 1 heteroatoms. The van der Waals surface area contributed by atoms with Crippen LogP contribution in [0.5, 0.6) is 0 Å². The molecule has 1 rings (SSSR count). The molecule has 0 unspecified atom stereocenters. The van der Waals surface area contributed by atoms with Gasteiger partial charge in [-0.2, -0.15) is 0 Å². The molecule has 0 saturated carbocycles. The molecule has 0 spiro atoms. The summed E-state index contributed by atoms with van der Waals surface area (Å²) in [6, 6.07) is 0. The minimum absolute atomic E-state index is 1.06. The van der Waals surface area contributed by atoms with E-state index in [0.717, 1.165) is 0 Å². The number of rotatable bonds is 1. The van der Waals surface area contributed by atoms with Gasteiger partial charge in [0.05, 0.1) is 8.07 Å². The molecule has 1 aliphatic carbocycles. The van der Waals surface area contributed by atoms with Crippen LogP contribution in [0.2, 0.25) is 13.1 Å². The van der Waals surface area contributed by atoms with Crippen LogP contribution >= 0.6 is 0 Å². The highest BCUT2D eigenvalue weighted by Crippen LogP contribution is 2.26. The first-order valence-electron chi connectivity index (χ1n) is 3.15. The molecule has 0 nitrogen and oxygen atoms in total. The van der Waals surface area contributed by atoms with E-state index in [1.54, 1.807) is 5.20 Å². The zero-order valence-corrected chi connectivity index (χ0v) is 6.70. The van der Waals surface area contributed by atoms with Gasteiger partial charge in [0, 0.05) is 0 Å². The Kier molecular flexibility index (Phi) is 1.31. The van der Waals surface area contributed by atoms with Crippen molar-refractivity contribution >= 4 is 8.07 Å². The third kappa shape index (κ3) is 1.02. The third-order valence-corrected chi connectivity index (χ3v) is 3.87. The fraction of sp³-hybridized carbons (Fsp3) is 0.571. The van der Waals surface area contributed by atoms with Crippen LogP contribution in [0, 0.1) is 6.55 Å². The first-order chi connectivity index (χ1) is 3.61. The minimum atomic E-state index is -1.06. The van der Waals surface area contributed by atoms with Crippen LogP contribution < -0.4 is 0 Å². The maximum absolute atomic E-state index is 4.16. The zero-order chi connectivity index (χ0) is 6.20. The van der Waals surface area contributed by atoms with Gasteiger partial charge in [-0.3, -0.25) is 0 Å². The van der Waals surface area contributed by atoms with Crippen molar-refractivity contribution in [3.63, 3.8) is 0 Å². The first kappa shape index (κ1) is 6.08. The summed E-state index contributed by atoms with van der Waals surface area (Å²) in [5.41, 5.74) is 0. The second-order valence-corrected chi connectivity index (χ2v) is 7.56. The predicted octanol–water partition coefficient (Wildman–Crippen LogP) is 2.33. The largest absolute Gasteiger partial charge is 0.0888 e. The summed E-state index contributed by atoms with van der Waals surface area (Å²) in [5, 5.41) is 1.66. The van der Waals surface area contributed by atoms with Gasteiger partial charge in [0.15, 0.2) is 0 Å². The van der Waals surface area contributed by atoms with E-state index in [9.17, 15) is 0 Å². The van der Waals surface area contributed by atoms with Gasteiger partial charge in [-0.25, -0.2) is 0 Å². The van der Waals surface area contributed by atoms with Crippen LogP contribution in [0.15, 0.2) is 11.3 Å². The molecule has 0 fully saturated rings. The molecule has 0 aromatic carbocycles. The average molecular weight is 125 g/mol. The summed E-state index contributed by atoms with van der Waals surface area (Å²) in [7, 11) is -1.06. The Morgan fingerprint density at radius 2 is 2.12 bits per heavy atom. The number of hydrogen-bond acceptors (Lipinski definition) is 0. The van der Waals surface area contributed by atoms with E-state index < -0.39 is 8.07 Å². The van der Waals surface area contributed by atoms with E-state index in [2.05, 4.69) is 25.7 Å². The van der Waals surface area contributed by atoms with E-state index in [1.165, 1.54) is 12.8 Å². The highest BCUT2D eigenvalue weighted by molar-refractivity contribution is 6.86. The molecule has 0 N–H and O–H groups in total. The van der Waals surface area contributed by atoms with E-state index in [0.29, 0.717) is 0 Å². The van der Waals surface area contributed by atoms with Crippen LogP contribution in [0.1, 0.15) is 12.8 Å². The molecular formula is C7H13Si. The normalized spacial score (nSPS) is 19.6. The maximum atomic E-state index is 4.16. The summed E-state index contributed by atoms with van der Waals surface area (Å²) < 4.78 is 0. The fourth-order valence-corrected chi connectivity index (χ4v) is 2.42. The predicted molar refractivity (Wildman–Crippen MR) is 40.2 cm³/mol. The Morgan fingerprint density at radius 3 is 2.12 bits per heavy atom. The topological polar surface area (TPSA) is 0 Å². The molecule has 0 heterocycles. The van der Waals surface area contributed by atoms with Gasteiger partial charge < -0.3 is 0 Å². The third-order valence-electron chi connectivity index (χ3n) is 1.67. The Hall–Kier alpha value is -0.0431. The molecule has 0 aromatic rings. The first-order valence-corrected chi connectivity index (χ1v) is 6.36. The van der Waals surface area contributed by atoms with E-state index >= 15 is 0 Å². The van der Waals surface area contributed by atoms with Gasteiger partial charge in [-0.1, -0.05) is 30.9 Å². The Balaban J connectivity index is 2.59. The molecule has 0 saturated heterocycles. The molecule has 8 heavy (non-hydrogen) atoms. The lowest BCUT2D eigenvalue weighted by Gasteiger charge is -2.26. The fourth-order valence-electron chi connectivity index (χ4n) is 0.903. The monoisotopic (exact) mass is 125 g/mol. The standard InChI is InChI=1S/C7H13Si/c1-8(2,3)7-5-4-6-7/h5H,1,4,6H2,2-3H3. The second kappa shape index (κ2) is 1.73. The molecule has 45 valence electrons. The summed E-state index contributed by atoms with van der Waals surface area (Å²) in [6.07, 6.45) is 4.99. The van der Waals surface area contributed by atoms with Crippen molar-refractivity contribution in [3.8, 4) is 0 Å². The van der Waals surface area contributed by atoms with E-state index in [1.807, 2.05) is 0 Å². The van der Waals surface area contributed by atoms with Gasteiger partial charge in [0.25, 0.3) is 0 Å². The van der Waals surface area contributed by atoms with Crippen molar-refractivity contribution in [2.45, 2.75) is 25.9 Å². The highest BCUT2D eigenvalue weighted by atomic mass is 28.3. The minimum Gasteiger partial charge on any atom is -0.0888 e. The van der Waals surface area contributed by atoms with Crippen molar-refractivity contribution in [3.05, 3.63) is 17.8 Å². The van der Waals surface area contributed by atoms with Crippen molar-refractivity contribution in [2.24, 2.45) is 0 Å². The zero-order valence-electron chi connectivity index (χ0n) is 5.70. The summed E-state index contributed by atoms with van der Waals surface area (Å²) in [6.45, 7) is 8.77. The highest BCUT2D eigenvalue weighted by Gasteiger charge is 2.22. The molecule has 0 amide bonds. The molecule has 0 aromatic heterocycles. The lowest BCUT2D eigenvalue weighted by molar-refractivity contribution is 0.923. The van der Waals surface area contributed by atoms with Crippen LogP contribution in [0.3, 0.4) is 0 Å². The van der Waals surface area contributed by atoms with Crippen molar-refractivity contribution in [1.82, 2.24) is 0 Å².